The fourth-order valence-corrected chi connectivity index (χ4v) is 1.75. The molecule has 0 fully saturated rings. The number of carboxylic acid groups (broad SMARTS) is 1. The lowest BCUT2D eigenvalue weighted by Gasteiger charge is -2.17. The predicted molar refractivity (Wildman–Crippen MR) is 83.1 cm³/mol. The lowest BCUT2D eigenvalue weighted by molar-refractivity contribution is -0.142. The summed E-state index contributed by atoms with van der Waals surface area (Å²) in [6.45, 7) is 0.500. The summed E-state index contributed by atoms with van der Waals surface area (Å²) in [6.07, 6.45) is 5.05. The first-order valence-electron chi connectivity index (χ1n) is 6.50. The number of H-pyrrole nitrogens is 1. The average molecular weight is 364 g/mol. The zero-order valence-corrected chi connectivity index (χ0v) is 13.3. The molecule has 0 saturated heterocycles. The molecule has 0 spiro atoms. The number of carboxylic acids is 1. The van der Waals surface area contributed by atoms with Crippen LogP contribution in [0, 0.1) is 0 Å². The van der Waals surface area contributed by atoms with Crippen LogP contribution in [0.15, 0.2) is 12.5 Å². The molecule has 21 heavy (non-hydrogen) atoms. The van der Waals surface area contributed by atoms with Gasteiger partial charge in [-0.05, 0) is 25.8 Å². The fourth-order valence-electron chi connectivity index (χ4n) is 1.75. The van der Waals surface area contributed by atoms with Crippen molar-refractivity contribution in [2.24, 2.45) is 11.5 Å². The molecule has 0 saturated carbocycles. The van der Waals surface area contributed by atoms with Gasteiger partial charge in [0.2, 0.25) is 5.91 Å². The highest BCUT2D eigenvalue weighted by Crippen LogP contribution is 2.02. The van der Waals surface area contributed by atoms with Gasteiger partial charge in [0, 0.05) is 18.3 Å². The molecule has 0 aliphatic heterocycles. The standard InChI is InChI=1S/C12H21N5O3.BrH/c13-4-2-1-3-10(12(19)20)17-11(18)9(14)5-8-6-15-7-16-8;/h6-7,9-10H,1-5,13-14H2,(H,15,16)(H,17,18)(H,19,20);1H/t9-,10-;/m0./s1. The summed E-state index contributed by atoms with van der Waals surface area (Å²) in [4.78, 5) is 29.6. The van der Waals surface area contributed by atoms with Gasteiger partial charge in [0.05, 0.1) is 12.4 Å². The Labute approximate surface area is 133 Å². The topological polar surface area (TPSA) is 147 Å². The second-order valence-electron chi connectivity index (χ2n) is 4.57. The third kappa shape index (κ3) is 7.21. The molecule has 0 unspecified atom stereocenters. The van der Waals surface area contributed by atoms with E-state index in [2.05, 4.69) is 15.3 Å². The highest BCUT2D eigenvalue weighted by atomic mass is 79.9. The number of halogens is 1. The minimum absolute atomic E-state index is 0. The number of carbonyl (C=O) groups excluding carboxylic acids is 1. The van der Waals surface area contributed by atoms with Crippen LogP contribution >= 0.6 is 17.0 Å². The average Bonchev–Trinajstić information content (AvgIpc) is 2.90. The van der Waals surface area contributed by atoms with Crippen molar-refractivity contribution in [3.8, 4) is 0 Å². The number of hydrogen-bond acceptors (Lipinski definition) is 5. The monoisotopic (exact) mass is 363 g/mol. The zero-order valence-electron chi connectivity index (χ0n) is 11.6. The van der Waals surface area contributed by atoms with Gasteiger partial charge in [-0.2, -0.15) is 0 Å². The van der Waals surface area contributed by atoms with Gasteiger partial charge in [-0.1, -0.05) is 0 Å². The number of aromatic amines is 1. The van der Waals surface area contributed by atoms with Gasteiger partial charge in [-0.3, -0.25) is 4.79 Å². The molecule has 0 aromatic carbocycles. The van der Waals surface area contributed by atoms with Crippen LogP contribution in [0.25, 0.3) is 0 Å². The molecule has 0 aliphatic carbocycles. The maximum absolute atomic E-state index is 11.9. The maximum Gasteiger partial charge on any atom is 0.326 e. The van der Waals surface area contributed by atoms with E-state index in [1.807, 2.05) is 0 Å². The van der Waals surface area contributed by atoms with E-state index in [4.69, 9.17) is 16.6 Å². The van der Waals surface area contributed by atoms with Crippen LogP contribution in [0.3, 0.4) is 0 Å². The van der Waals surface area contributed by atoms with Crippen molar-refractivity contribution in [3.05, 3.63) is 18.2 Å². The summed E-state index contributed by atoms with van der Waals surface area (Å²) in [5.41, 5.74) is 11.8. The quantitative estimate of drug-likeness (QED) is 0.375. The first-order chi connectivity index (χ1) is 9.54. The van der Waals surface area contributed by atoms with E-state index >= 15 is 0 Å². The van der Waals surface area contributed by atoms with Crippen molar-refractivity contribution in [1.82, 2.24) is 15.3 Å². The van der Waals surface area contributed by atoms with Crippen LogP contribution in [0.2, 0.25) is 0 Å². The molecule has 1 aromatic rings. The normalized spacial score (nSPS) is 13.0. The molecular weight excluding hydrogens is 342 g/mol. The molecular formula is C12H22BrN5O3. The molecule has 120 valence electrons. The van der Waals surface area contributed by atoms with Crippen LogP contribution in [0.5, 0.6) is 0 Å². The Balaban J connectivity index is 0.00000400. The smallest absolute Gasteiger partial charge is 0.326 e. The number of imidazole rings is 1. The Morgan fingerprint density at radius 3 is 2.67 bits per heavy atom. The van der Waals surface area contributed by atoms with Crippen LogP contribution in [0.4, 0.5) is 0 Å². The van der Waals surface area contributed by atoms with Crippen molar-refractivity contribution in [2.75, 3.05) is 6.54 Å². The van der Waals surface area contributed by atoms with Gasteiger partial charge in [0.25, 0.3) is 0 Å². The summed E-state index contributed by atoms with van der Waals surface area (Å²) in [6, 6.07) is -1.74. The first kappa shape index (κ1) is 19.6. The number of nitrogens with two attached hydrogens (primary N) is 2. The summed E-state index contributed by atoms with van der Waals surface area (Å²) in [5, 5.41) is 11.5. The highest BCUT2D eigenvalue weighted by molar-refractivity contribution is 8.93. The van der Waals surface area contributed by atoms with E-state index in [9.17, 15) is 9.59 Å². The molecule has 1 amide bonds. The van der Waals surface area contributed by atoms with Crippen molar-refractivity contribution < 1.29 is 14.7 Å². The number of nitrogens with one attached hydrogen (secondary N) is 2. The van der Waals surface area contributed by atoms with Crippen LogP contribution in [0.1, 0.15) is 25.0 Å². The van der Waals surface area contributed by atoms with Crippen molar-refractivity contribution in [1.29, 1.82) is 0 Å². The Morgan fingerprint density at radius 1 is 1.43 bits per heavy atom. The van der Waals surface area contributed by atoms with Gasteiger partial charge < -0.3 is 26.9 Å². The van der Waals surface area contributed by atoms with Gasteiger partial charge in [-0.25, -0.2) is 9.78 Å². The Kier molecular flexibility index (Phi) is 9.59. The van der Waals surface area contributed by atoms with E-state index < -0.39 is 24.0 Å². The number of rotatable bonds is 9. The molecule has 2 atom stereocenters. The van der Waals surface area contributed by atoms with E-state index in [0.29, 0.717) is 19.4 Å². The van der Waals surface area contributed by atoms with Gasteiger partial charge in [0.15, 0.2) is 0 Å². The first-order valence-corrected chi connectivity index (χ1v) is 6.50. The van der Waals surface area contributed by atoms with Crippen molar-refractivity contribution in [3.63, 3.8) is 0 Å². The SMILES string of the molecule is Br.NCCCC[C@H](NC(=O)[C@@H](N)Cc1cnc[nH]1)C(=O)O. The highest BCUT2D eigenvalue weighted by Gasteiger charge is 2.23. The van der Waals surface area contributed by atoms with E-state index in [0.717, 1.165) is 12.1 Å². The third-order valence-electron chi connectivity index (χ3n) is 2.89. The van der Waals surface area contributed by atoms with Crippen LogP contribution < -0.4 is 16.8 Å². The lowest BCUT2D eigenvalue weighted by Crippen LogP contribution is -2.49. The van der Waals surface area contributed by atoms with Crippen molar-refractivity contribution in [2.45, 2.75) is 37.8 Å². The van der Waals surface area contributed by atoms with Crippen LogP contribution in [-0.4, -0.2) is 45.6 Å². The molecule has 0 radical (unpaired) electrons. The zero-order chi connectivity index (χ0) is 15.0. The number of aromatic nitrogens is 2. The Bertz CT molecular complexity index is 427. The molecule has 8 nitrogen and oxygen atoms in total. The lowest BCUT2D eigenvalue weighted by atomic mass is 10.1. The minimum Gasteiger partial charge on any atom is -0.480 e. The van der Waals surface area contributed by atoms with E-state index in [1.165, 1.54) is 6.33 Å². The maximum atomic E-state index is 11.9. The second-order valence-corrected chi connectivity index (χ2v) is 4.57. The van der Waals surface area contributed by atoms with Crippen LogP contribution in [-0.2, 0) is 16.0 Å². The van der Waals surface area contributed by atoms with E-state index in [-0.39, 0.29) is 23.4 Å². The largest absolute Gasteiger partial charge is 0.480 e. The molecule has 7 N–H and O–H groups in total. The third-order valence-corrected chi connectivity index (χ3v) is 2.89. The number of unbranched alkanes of at least 4 members (excludes halogenated alkanes) is 1. The van der Waals surface area contributed by atoms with E-state index in [1.54, 1.807) is 6.20 Å². The molecule has 1 aromatic heterocycles. The number of hydrogen-bond donors (Lipinski definition) is 5. The summed E-state index contributed by atoms with van der Waals surface area (Å²) < 4.78 is 0. The summed E-state index contributed by atoms with van der Waals surface area (Å²) >= 11 is 0. The van der Waals surface area contributed by atoms with Crippen molar-refractivity contribution >= 4 is 28.9 Å². The molecule has 0 bridgehead atoms. The predicted octanol–water partition coefficient (Wildman–Crippen LogP) is -0.444. The second kappa shape index (κ2) is 10.3. The molecule has 9 heteroatoms. The number of carbonyl (C=O) groups is 2. The number of aliphatic carboxylic acids is 1. The summed E-state index contributed by atoms with van der Waals surface area (Å²) in [7, 11) is 0. The minimum atomic E-state index is -1.07. The summed E-state index contributed by atoms with van der Waals surface area (Å²) in [5.74, 6) is -1.55. The van der Waals surface area contributed by atoms with Gasteiger partial charge in [-0.15, -0.1) is 17.0 Å². The molecule has 0 aliphatic rings. The Hall–Kier alpha value is -1.45. The van der Waals surface area contributed by atoms with Gasteiger partial charge in [0.1, 0.15) is 6.04 Å². The number of amides is 1. The van der Waals surface area contributed by atoms with Gasteiger partial charge >= 0.3 is 5.97 Å². The molecule has 1 heterocycles. The fraction of sp³-hybridized carbons (Fsp3) is 0.583. The molecule has 1 rings (SSSR count). The Morgan fingerprint density at radius 2 is 2.14 bits per heavy atom. The number of nitrogens with zero attached hydrogens (tertiary/aromatic N) is 1.